The van der Waals surface area contributed by atoms with Gasteiger partial charge in [-0.3, -0.25) is 9.69 Å². The minimum Gasteiger partial charge on any atom is -0.289 e. The number of anilines is 1. The number of rotatable bonds is 1. The number of carbonyl (C=O) groups is 1. The first-order valence-corrected chi connectivity index (χ1v) is 7.87. The van der Waals surface area contributed by atoms with Gasteiger partial charge in [-0.25, -0.2) is 4.68 Å². The molecular formula is C13H14BrN3OS. The molecule has 6 heteroatoms. The Morgan fingerprint density at radius 1 is 1.42 bits per heavy atom. The smallest absolute Gasteiger partial charge is 0.270 e. The maximum absolute atomic E-state index is 12.7. The van der Waals surface area contributed by atoms with E-state index in [1.807, 2.05) is 27.1 Å². The Bertz CT molecular complexity index is 621. The van der Waals surface area contributed by atoms with Crippen LogP contribution in [0.2, 0.25) is 0 Å². The van der Waals surface area contributed by atoms with Crippen LogP contribution in [0.4, 0.5) is 5.82 Å². The zero-order valence-corrected chi connectivity index (χ0v) is 13.1. The molecule has 0 aliphatic carbocycles. The van der Waals surface area contributed by atoms with Crippen molar-refractivity contribution >= 4 is 39.0 Å². The molecule has 0 aromatic carbocycles. The van der Waals surface area contributed by atoms with Crippen molar-refractivity contribution < 1.29 is 4.79 Å². The molecular weight excluding hydrogens is 326 g/mol. The highest BCUT2D eigenvalue weighted by Gasteiger charge is 2.33. The Kier molecular flexibility index (Phi) is 3.22. The highest BCUT2D eigenvalue weighted by atomic mass is 79.9. The summed E-state index contributed by atoms with van der Waals surface area (Å²) in [5, 5.41) is 6.25. The Balaban J connectivity index is 2.04. The zero-order chi connectivity index (χ0) is 13.6. The quantitative estimate of drug-likeness (QED) is 0.794. The van der Waals surface area contributed by atoms with Crippen molar-refractivity contribution in [3.63, 3.8) is 0 Å². The predicted molar refractivity (Wildman–Crippen MR) is 79.8 cm³/mol. The number of thiophene rings is 1. The van der Waals surface area contributed by atoms with Gasteiger partial charge in [-0.2, -0.15) is 5.10 Å². The van der Waals surface area contributed by atoms with Crippen LogP contribution >= 0.6 is 27.3 Å². The molecule has 0 saturated heterocycles. The monoisotopic (exact) mass is 339 g/mol. The maximum Gasteiger partial charge on any atom is 0.270 e. The SMILES string of the molecule is C[C@@H]1C[C@H](C)N(C(=O)c2sccc2Br)c2ccnn21. The highest BCUT2D eigenvalue weighted by molar-refractivity contribution is 9.10. The van der Waals surface area contributed by atoms with Gasteiger partial charge in [0.05, 0.1) is 12.2 Å². The molecule has 1 aliphatic rings. The van der Waals surface area contributed by atoms with Crippen molar-refractivity contribution in [3.05, 3.63) is 33.1 Å². The third-order valence-electron chi connectivity index (χ3n) is 3.47. The molecule has 19 heavy (non-hydrogen) atoms. The second kappa shape index (κ2) is 4.76. The molecule has 4 nitrogen and oxygen atoms in total. The second-order valence-corrected chi connectivity index (χ2v) is 6.61. The van der Waals surface area contributed by atoms with E-state index in [9.17, 15) is 4.79 Å². The van der Waals surface area contributed by atoms with Gasteiger partial charge in [0.15, 0.2) is 0 Å². The molecule has 1 amide bonds. The number of aromatic nitrogens is 2. The van der Waals surface area contributed by atoms with Crippen molar-refractivity contribution in [2.24, 2.45) is 0 Å². The van der Waals surface area contributed by atoms with Crippen LogP contribution in [0.1, 0.15) is 36.0 Å². The Morgan fingerprint density at radius 2 is 2.21 bits per heavy atom. The van der Waals surface area contributed by atoms with Crippen molar-refractivity contribution in [2.45, 2.75) is 32.4 Å². The molecule has 0 radical (unpaired) electrons. The summed E-state index contributed by atoms with van der Waals surface area (Å²) in [4.78, 5) is 15.3. The van der Waals surface area contributed by atoms with E-state index < -0.39 is 0 Å². The number of carbonyl (C=O) groups excluding carboxylic acids is 1. The lowest BCUT2D eigenvalue weighted by Crippen LogP contribution is -2.44. The van der Waals surface area contributed by atoms with Gasteiger partial charge in [-0.1, -0.05) is 0 Å². The van der Waals surface area contributed by atoms with Crippen LogP contribution in [0.5, 0.6) is 0 Å². The van der Waals surface area contributed by atoms with Crippen molar-refractivity contribution in [2.75, 3.05) is 4.90 Å². The molecule has 1 aliphatic heterocycles. The van der Waals surface area contributed by atoms with Gasteiger partial charge in [0.25, 0.3) is 5.91 Å². The fourth-order valence-corrected chi connectivity index (χ4v) is 4.10. The lowest BCUT2D eigenvalue weighted by molar-refractivity contribution is 0.0970. The third-order valence-corrected chi connectivity index (χ3v) is 5.29. The minimum absolute atomic E-state index is 0.0445. The van der Waals surface area contributed by atoms with Crippen LogP contribution in [-0.4, -0.2) is 21.7 Å². The molecule has 0 fully saturated rings. The minimum atomic E-state index is 0.0445. The van der Waals surface area contributed by atoms with E-state index in [2.05, 4.69) is 34.9 Å². The average Bonchev–Trinajstić information content (AvgIpc) is 2.97. The summed E-state index contributed by atoms with van der Waals surface area (Å²) in [6.07, 6.45) is 2.68. The Morgan fingerprint density at radius 3 is 2.89 bits per heavy atom. The topological polar surface area (TPSA) is 38.1 Å². The number of halogens is 1. The van der Waals surface area contributed by atoms with Crippen molar-refractivity contribution in [1.82, 2.24) is 9.78 Å². The second-order valence-electron chi connectivity index (χ2n) is 4.84. The Hall–Kier alpha value is -1.14. The molecule has 0 saturated carbocycles. The number of fused-ring (bicyclic) bond motifs is 1. The zero-order valence-electron chi connectivity index (χ0n) is 10.7. The van der Waals surface area contributed by atoms with Gasteiger partial charge in [-0.05, 0) is 47.6 Å². The predicted octanol–water partition coefficient (Wildman–Crippen LogP) is 3.71. The largest absolute Gasteiger partial charge is 0.289 e. The first-order chi connectivity index (χ1) is 9.09. The van der Waals surface area contributed by atoms with E-state index in [1.54, 1.807) is 6.20 Å². The fraction of sp³-hybridized carbons (Fsp3) is 0.385. The van der Waals surface area contributed by atoms with Crippen LogP contribution < -0.4 is 4.90 Å². The summed E-state index contributed by atoms with van der Waals surface area (Å²) in [5.74, 6) is 0.930. The molecule has 3 heterocycles. The van der Waals surface area contributed by atoms with Crippen LogP contribution in [0.15, 0.2) is 28.2 Å². The summed E-state index contributed by atoms with van der Waals surface area (Å²) in [6.45, 7) is 4.22. The standard InChI is InChI=1S/C13H14BrN3OS/c1-8-7-9(2)17-11(3-5-15-17)16(8)13(18)12-10(14)4-6-19-12/h3-6,8-9H,7H2,1-2H3/t8-,9+/m0/s1. The van der Waals surface area contributed by atoms with E-state index in [1.165, 1.54) is 11.3 Å². The van der Waals surface area contributed by atoms with Gasteiger partial charge in [-0.15, -0.1) is 11.3 Å². The molecule has 3 rings (SSSR count). The number of hydrogen-bond donors (Lipinski definition) is 0. The third kappa shape index (κ3) is 2.03. The summed E-state index contributed by atoms with van der Waals surface area (Å²) in [5.41, 5.74) is 0. The molecule has 0 spiro atoms. The summed E-state index contributed by atoms with van der Waals surface area (Å²) in [7, 11) is 0. The van der Waals surface area contributed by atoms with Gasteiger partial charge in [0, 0.05) is 16.6 Å². The number of amides is 1. The molecule has 0 N–H and O–H groups in total. The van der Waals surface area contributed by atoms with Crippen LogP contribution in [-0.2, 0) is 0 Å². The molecule has 0 bridgehead atoms. The first-order valence-electron chi connectivity index (χ1n) is 6.19. The van der Waals surface area contributed by atoms with E-state index in [-0.39, 0.29) is 11.9 Å². The van der Waals surface area contributed by atoms with E-state index >= 15 is 0 Å². The molecule has 2 aromatic heterocycles. The molecule has 2 atom stereocenters. The van der Waals surface area contributed by atoms with Gasteiger partial charge < -0.3 is 0 Å². The van der Waals surface area contributed by atoms with Crippen molar-refractivity contribution in [3.8, 4) is 0 Å². The molecule has 0 unspecified atom stereocenters. The number of hydrogen-bond acceptors (Lipinski definition) is 3. The first kappa shape index (κ1) is 12.9. The highest BCUT2D eigenvalue weighted by Crippen LogP contribution is 2.34. The molecule has 2 aromatic rings. The van der Waals surface area contributed by atoms with E-state index in [0.717, 1.165) is 21.6 Å². The fourth-order valence-electron chi connectivity index (χ4n) is 2.62. The van der Waals surface area contributed by atoms with Gasteiger partial charge in [0.1, 0.15) is 10.7 Å². The summed E-state index contributed by atoms with van der Waals surface area (Å²) in [6, 6.07) is 4.33. The van der Waals surface area contributed by atoms with Crippen LogP contribution in [0, 0.1) is 0 Å². The van der Waals surface area contributed by atoms with Crippen LogP contribution in [0.25, 0.3) is 0 Å². The summed E-state index contributed by atoms with van der Waals surface area (Å²) < 4.78 is 2.79. The lowest BCUT2D eigenvalue weighted by Gasteiger charge is -2.36. The summed E-state index contributed by atoms with van der Waals surface area (Å²) >= 11 is 4.90. The lowest BCUT2D eigenvalue weighted by atomic mass is 10.1. The van der Waals surface area contributed by atoms with E-state index in [4.69, 9.17) is 0 Å². The number of nitrogens with zero attached hydrogens (tertiary/aromatic N) is 3. The van der Waals surface area contributed by atoms with Gasteiger partial charge in [0.2, 0.25) is 0 Å². The van der Waals surface area contributed by atoms with Crippen LogP contribution in [0.3, 0.4) is 0 Å². The van der Waals surface area contributed by atoms with E-state index in [0.29, 0.717) is 6.04 Å². The normalized spacial score (nSPS) is 22.4. The average molecular weight is 340 g/mol. The maximum atomic E-state index is 12.7. The van der Waals surface area contributed by atoms with Gasteiger partial charge >= 0.3 is 0 Å². The molecule has 100 valence electrons. The van der Waals surface area contributed by atoms with Crippen molar-refractivity contribution in [1.29, 1.82) is 0 Å². The Labute approximate surface area is 124 Å².